The van der Waals surface area contributed by atoms with Gasteiger partial charge in [0.25, 0.3) is 0 Å². The van der Waals surface area contributed by atoms with Gasteiger partial charge in [0.05, 0.1) is 12.1 Å². The number of thiazole rings is 1. The summed E-state index contributed by atoms with van der Waals surface area (Å²) in [5, 5.41) is 15.7. The minimum Gasteiger partial charge on any atom is -0.458 e. The van der Waals surface area contributed by atoms with Crippen LogP contribution in [-0.2, 0) is 22.7 Å². The van der Waals surface area contributed by atoms with Crippen molar-refractivity contribution in [1.29, 1.82) is 0 Å². The summed E-state index contributed by atoms with van der Waals surface area (Å²) >= 11 is 1.30. The van der Waals surface area contributed by atoms with Crippen molar-refractivity contribution in [2.75, 3.05) is 5.32 Å². The van der Waals surface area contributed by atoms with Gasteiger partial charge in [-0.3, -0.25) is 9.59 Å². The molecule has 0 spiro atoms. The van der Waals surface area contributed by atoms with Gasteiger partial charge in [0.2, 0.25) is 11.8 Å². The molecule has 1 aromatic carbocycles. The number of furan rings is 1. The monoisotopic (exact) mass is 396 g/mol. The van der Waals surface area contributed by atoms with Crippen molar-refractivity contribution >= 4 is 39.3 Å². The van der Waals surface area contributed by atoms with E-state index in [0.29, 0.717) is 28.9 Å². The lowest BCUT2D eigenvalue weighted by Crippen LogP contribution is -2.19. The Morgan fingerprint density at radius 3 is 2.93 bits per heavy atom. The molecule has 142 valence electrons. The number of benzene rings is 1. The fourth-order valence-corrected chi connectivity index (χ4v) is 3.31. The van der Waals surface area contributed by atoms with Crippen LogP contribution in [0.15, 0.2) is 46.2 Å². The normalized spacial score (nSPS) is 10.9. The van der Waals surface area contributed by atoms with E-state index in [1.807, 2.05) is 24.3 Å². The van der Waals surface area contributed by atoms with Crippen molar-refractivity contribution in [3.05, 3.63) is 47.5 Å². The van der Waals surface area contributed by atoms with E-state index >= 15 is 0 Å². The van der Waals surface area contributed by atoms with Crippen LogP contribution in [0.1, 0.15) is 12.7 Å². The molecule has 2 N–H and O–H groups in total. The molecule has 0 unspecified atom stereocenters. The van der Waals surface area contributed by atoms with Crippen molar-refractivity contribution < 1.29 is 14.0 Å². The topological polar surface area (TPSA) is 115 Å². The molecule has 0 radical (unpaired) electrons. The molecular formula is C18H16N6O3S. The number of para-hydroxylation sites is 1. The number of nitrogens with one attached hydrogen (secondary N) is 2. The Hall–Kier alpha value is -3.53. The van der Waals surface area contributed by atoms with Gasteiger partial charge < -0.3 is 15.1 Å². The molecule has 2 amide bonds. The van der Waals surface area contributed by atoms with E-state index in [2.05, 4.69) is 25.9 Å². The minimum absolute atomic E-state index is 0.0387. The van der Waals surface area contributed by atoms with Gasteiger partial charge in [-0.1, -0.05) is 17.3 Å². The van der Waals surface area contributed by atoms with Gasteiger partial charge >= 0.3 is 0 Å². The zero-order valence-electron chi connectivity index (χ0n) is 14.9. The zero-order chi connectivity index (χ0) is 19.5. The van der Waals surface area contributed by atoms with E-state index in [4.69, 9.17) is 4.42 Å². The SMILES string of the molecule is CC(=O)NCc1ccc(-c2csc(NC(=O)Cn3nnc4ccccc43)n2)o1. The Balaban J connectivity index is 1.40. The van der Waals surface area contributed by atoms with Crippen LogP contribution in [0.5, 0.6) is 0 Å². The molecule has 0 saturated carbocycles. The molecular weight excluding hydrogens is 380 g/mol. The van der Waals surface area contributed by atoms with Crippen molar-refractivity contribution in [1.82, 2.24) is 25.3 Å². The largest absolute Gasteiger partial charge is 0.458 e. The van der Waals surface area contributed by atoms with Gasteiger partial charge in [-0.2, -0.15) is 0 Å². The van der Waals surface area contributed by atoms with E-state index in [1.54, 1.807) is 22.2 Å². The van der Waals surface area contributed by atoms with E-state index in [9.17, 15) is 9.59 Å². The molecule has 3 heterocycles. The first-order chi connectivity index (χ1) is 13.6. The third-order valence-electron chi connectivity index (χ3n) is 3.89. The summed E-state index contributed by atoms with van der Waals surface area (Å²) in [5.41, 5.74) is 2.14. The molecule has 4 rings (SSSR count). The number of rotatable bonds is 6. The van der Waals surface area contributed by atoms with Crippen LogP contribution in [0.3, 0.4) is 0 Å². The molecule has 0 aliphatic rings. The standard InChI is InChI=1S/C18H16N6O3S/c1-11(25)19-8-12-6-7-16(27-12)14-10-28-18(20-14)21-17(26)9-24-15-5-3-2-4-13(15)22-23-24/h2-7,10H,8-9H2,1H3,(H,19,25)(H,20,21,26). The van der Waals surface area contributed by atoms with Gasteiger partial charge in [0, 0.05) is 12.3 Å². The summed E-state index contributed by atoms with van der Waals surface area (Å²) in [6.45, 7) is 1.80. The maximum absolute atomic E-state index is 12.3. The highest BCUT2D eigenvalue weighted by molar-refractivity contribution is 7.14. The predicted molar refractivity (Wildman–Crippen MR) is 103 cm³/mol. The summed E-state index contributed by atoms with van der Waals surface area (Å²) in [4.78, 5) is 27.7. The van der Waals surface area contributed by atoms with E-state index in [1.165, 1.54) is 18.3 Å². The summed E-state index contributed by atoms with van der Waals surface area (Å²) < 4.78 is 7.21. The number of carbonyl (C=O) groups is 2. The van der Waals surface area contributed by atoms with Gasteiger partial charge in [0.15, 0.2) is 10.9 Å². The summed E-state index contributed by atoms with van der Waals surface area (Å²) in [6, 6.07) is 11.0. The third kappa shape index (κ3) is 3.91. The summed E-state index contributed by atoms with van der Waals surface area (Å²) in [6.07, 6.45) is 0. The molecule has 0 saturated heterocycles. The number of amides is 2. The van der Waals surface area contributed by atoms with Crippen molar-refractivity contribution in [2.24, 2.45) is 0 Å². The average Bonchev–Trinajstić information content (AvgIpc) is 3.40. The van der Waals surface area contributed by atoms with Gasteiger partial charge in [0.1, 0.15) is 23.5 Å². The zero-order valence-corrected chi connectivity index (χ0v) is 15.7. The number of hydrogen-bond acceptors (Lipinski definition) is 7. The number of carbonyl (C=O) groups excluding carboxylic acids is 2. The van der Waals surface area contributed by atoms with Crippen LogP contribution in [0, 0.1) is 0 Å². The Morgan fingerprint density at radius 2 is 2.07 bits per heavy atom. The molecule has 10 heteroatoms. The third-order valence-corrected chi connectivity index (χ3v) is 4.65. The Bertz CT molecular complexity index is 1150. The molecule has 0 bridgehead atoms. The second-order valence-corrected chi connectivity index (χ2v) is 6.86. The van der Waals surface area contributed by atoms with Crippen molar-refractivity contribution in [3.63, 3.8) is 0 Å². The lowest BCUT2D eigenvalue weighted by atomic mass is 10.3. The fourth-order valence-electron chi connectivity index (χ4n) is 2.60. The van der Waals surface area contributed by atoms with E-state index in [0.717, 1.165) is 11.0 Å². The molecule has 0 atom stereocenters. The van der Waals surface area contributed by atoms with Crippen molar-refractivity contribution in [3.8, 4) is 11.5 Å². The number of aromatic nitrogens is 4. The molecule has 4 aromatic rings. The average molecular weight is 396 g/mol. The van der Waals surface area contributed by atoms with Crippen molar-refractivity contribution in [2.45, 2.75) is 20.0 Å². The van der Waals surface area contributed by atoms with Crippen LogP contribution >= 0.6 is 11.3 Å². The summed E-state index contributed by atoms with van der Waals surface area (Å²) in [7, 11) is 0. The smallest absolute Gasteiger partial charge is 0.247 e. The van der Waals surface area contributed by atoms with Crippen LogP contribution in [0.2, 0.25) is 0 Å². The van der Waals surface area contributed by atoms with Gasteiger partial charge in [-0.25, -0.2) is 9.67 Å². The summed E-state index contributed by atoms with van der Waals surface area (Å²) in [5.74, 6) is 0.820. The minimum atomic E-state index is -0.248. The number of hydrogen-bond donors (Lipinski definition) is 2. The predicted octanol–water partition coefficient (Wildman–Crippen LogP) is 2.42. The van der Waals surface area contributed by atoms with Crippen LogP contribution in [0.4, 0.5) is 5.13 Å². The van der Waals surface area contributed by atoms with E-state index in [-0.39, 0.29) is 18.4 Å². The Labute approximate surface area is 163 Å². The quantitative estimate of drug-likeness (QED) is 0.517. The molecule has 0 aliphatic heterocycles. The first-order valence-corrected chi connectivity index (χ1v) is 9.33. The highest BCUT2D eigenvalue weighted by Crippen LogP contribution is 2.26. The van der Waals surface area contributed by atoms with Gasteiger partial charge in [-0.15, -0.1) is 16.4 Å². The molecule has 0 aliphatic carbocycles. The maximum Gasteiger partial charge on any atom is 0.247 e. The highest BCUT2D eigenvalue weighted by atomic mass is 32.1. The molecule has 0 fully saturated rings. The van der Waals surface area contributed by atoms with E-state index < -0.39 is 0 Å². The van der Waals surface area contributed by atoms with Crippen LogP contribution < -0.4 is 10.6 Å². The second-order valence-electron chi connectivity index (χ2n) is 6.00. The number of fused-ring (bicyclic) bond motifs is 1. The first-order valence-electron chi connectivity index (χ1n) is 8.45. The molecule has 9 nitrogen and oxygen atoms in total. The lowest BCUT2D eigenvalue weighted by Gasteiger charge is -2.02. The first kappa shape index (κ1) is 17.9. The van der Waals surface area contributed by atoms with Crippen LogP contribution in [-0.4, -0.2) is 31.8 Å². The Morgan fingerprint density at radius 1 is 1.21 bits per heavy atom. The molecule has 28 heavy (non-hydrogen) atoms. The Kier molecular flexibility index (Phi) is 4.85. The highest BCUT2D eigenvalue weighted by Gasteiger charge is 2.13. The van der Waals surface area contributed by atoms with Gasteiger partial charge in [-0.05, 0) is 24.3 Å². The maximum atomic E-state index is 12.3. The second kappa shape index (κ2) is 7.61. The fraction of sp³-hybridized carbons (Fsp3) is 0.167. The van der Waals surface area contributed by atoms with Crippen LogP contribution in [0.25, 0.3) is 22.5 Å². The number of anilines is 1. The number of nitrogens with zero attached hydrogens (tertiary/aromatic N) is 4. The lowest BCUT2D eigenvalue weighted by molar-refractivity contribution is -0.119. The molecule has 3 aromatic heterocycles.